The van der Waals surface area contributed by atoms with Gasteiger partial charge in [0.15, 0.2) is 0 Å². The molecule has 0 atom stereocenters. The van der Waals surface area contributed by atoms with Crippen LogP contribution in [0.3, 0.4) is 0 Å². The number of anilines is 1. The van der Waals surface area contributed by atoms with Crippen molar-refractivity contribution in [3.8, 4) is 0 Å². The van der Waals surface area contributed by atoms with Gasteiger partial charge in [-0.1, -0.05) is 6.92 Å². The Labute approximate surface area is 106 Å². The zero-order valence-electron chi connectivity index (χ0n) is 11.1. The molecule has 0 aliphatic rings. The third-order valence-corrected chi connectivity index (χ3v) is 2.53. The Morgan fingerprint density at radius 3 is 2.72 bits per heavy atom. The molecule has 18 heavy (non-hydrogen) atoms. The van der Waals surface area contributed by atoms with Crippen LogP contribution in [-0.2, 0) is 11.2 Å². The van der Waals surface area contributed by atoms with E-state index in [1.807, 2.05) is 20.8 Å². The summed E-state index contributed by atoms with van der Waals surface area (Å²) in [5.41, 5.74) is -0.189. The maximum Gasteiger partial charge on any atom is 0.252 e. The number of carbonyl (C=O) groups excluding carboxylic acids is 1. The summed E-state index contributed by atoms with van der Waals surface area (Å²) in [5.74, 6) is 1.11. The number of aromatic nitrogens is 2. The first-order chi connectivity index (χ1) is 8.60. The normalized spacial score (nSPS) is 10.2. The molecular formula is C12H20N4O2. The minimum absolute atomic E-state index is 0.0699. The van der Waals surface area contributed by atoms with E-state index in [0.717, 1.165) is 0 Å². The van der Waals surface area contributed by atoms with Crippen molar-refractivity contribution in [2.45, 2.75) is 27.2 Å². The van der Waals surface area contributed by atoms with Crippen molar-refractivity contribution in [3.05, 3.63) is 22.2 Å². The van der Waals surface area contributed by atoms with Crippen LogP contribution in [0.2, 0.25) is 0 Å². The van der Waals surface area contributed by atoms with Crippen molar-refractivity contribution in [2.75, 3.05) is 24.5 Å². The molecule has 0 aliphatic carbocycles. The first-order valence-electron chi connectivity index (χ1n) is 6.22. The van der Waals surface area contributed by atoms with Crippen molar-refractivity contribution >= 4 is 11.7 Å². The molecule has 0 fully saturated rings. The molecule has 1 rings (SSSR count). The fourth-order valence-corrected chi connectivity index (χ4v) is 1.60. The number of hydrogen-bond acceptors (Lipinski definition) is 4. The predicted molar refractivity (Wildman–Crippen MR) is 70.8 cm³/mol. The molecule has 1 amide bonds. The van der Waals surface area contributed by atoms with Gasteiger partial charge >= 0.3 is 0 Å². The molecule has 0 aromatic carbocycles. The summed E-state index contributed by atoms with van der Waals surface area (Å²) >= 11 is 0. The topological polar surface area (TPSA) is 78.1 Å². The largest absolute Gasteiger partial charge is 0.355 e. The highest BCUT2D eigenvalue weighted by molar-refractivity contribution is 5.80. The molecule has 0 bridgehead atoms. The van der Waals surface area contributed by atoms with Crippen LogP contribution in [0.1, 0.15) is 26.6 Å². The minimum Gasteiger partial charge on any atom is -0.355 e. The van der Waals surface area contributed by atoms with Gasteiger partial charge in [-0.15, -0.1) is 0 Å². The number of aromatic amines is 1. The lowest BCUT2D eigenvalue weighted by Gasteiger charge is -2.21. The molecule has 100 valence electrons. The number of nitrogens with zero attached hydrogens (tertiary/aromatic N) is 2. The van der Waals surface area contributed by atoms with E-state index >= 15 is 0 Å². The summed E-state index contributed by atoms with van der Waals surface area (Å²) in [6, 6.07) is 1.42. The Kier molecular flexibility index (Phi) is 5.35. The second-order valence-corrected chi connectivity index (χ2v) is 3.87. The zero-order valence-corrected chi connectivity index (χ0v) is 11.1. The Morgan fingerprint density at radius 2 is 2.17 bits per heavy atom. The standard InChI is InChI=1S/C12H20N4O2/c1-4-9-14-10(7-11(17)15-9)16(6-3)8-12(18)13-5-2/h7H,4-6,8H2,1-3H3,(H,13,18)(H,14,15,17). The maximum atomic E-state index is 11.6. The SMILES string of the molecule is CCNC(=O)CN(CC)c1cc(=O)[nH]c(CC)n1. The number of carbonyl (C=O) groups is 1. The highest BCUT2D eigenvalue weighted by atomic mass is 16.2. The third kappa shape index (κ3) is 3.87. The van der Waals surface area contributed by atoms with Crippen LogP contribution >= 0.6 is 0 Å². The summed E-state index contributed by atoms with van der Waals surface area (Å²) in [7, 11) is 0. The van der Waals surface area contributed by atoms with Gasteiger partial charge in [-0.25, -0.2) is 4.98 Å². The van der Waals surface area contributed by atoms with Gasteiger partial charge in [0, 0.05) is 25.6 Å². The predicted octanol–water partition coefficient (Wildman–Crippen LogP) is 0.295. The number of likely N-dealkylation sites (N-methyl/N-ethyl adjacent to an activating group) is 2. The summed E-state index contributed by atoms with van der Waals surface area (Å²) < 4.78 is 0. The number of H-pyrrole nitrogens is 1. The number of rotatable bonds is 6. The number of hydrogen-bond donors (Lipinski definition) is 2. The van der Waals surface area contributed by atoms with Gasteiger partial charge in [0.1, 0.15) is 11.6 Å². The molecule has 1 heterocycles. The molecule has 6 heteroatoms. The number of nitrogens with one attached hydrogen (secondary N) is 2. The Hall–Kier alpha value is -1.85. The first-order valence-corrected chi connectivity index (χ1v) is 6.22. The van der Waals surface area contributed by atoms with Gasteiger partial charge in [0.25, 0.3) is 5.56 Å². The van der Waals surface area contributed by atoms with Crippen LogP contribution in [0.25, 0.3) is 0 Å². The smallest absolute Gasteiger partial charge is 0.252 e. The molecule has 0 aliphatic heterocycles. The van der Waals surface area contributed by atoms with E-state index in [-0.39, 0.29) is 18.0 Å². The molecule has 6 nitrogen and oxygen atoms in total. The van der Waals surface area contributed by atoms with Crippen molar-refractivity contribution in [3.63, 3.8) is 0 Å². The van der Waals surface area contributed by atoms with Crippen LogP contribution in [0.4, 0.5) is 5.82 Å². The quantitative estimate of drug-likeness (QED) is 0.763. The Balaban J connectivity index is 2.90. The fourth-order valence-electron chi connectivity index (χ4n) is 1.60. The van der Waals surface area contributed by atoms with E-state index in [4.69, 9.17) is 0 Å². The summed E-state index contributed by atoms with van der Waals surface area (Å²) in [4.78, 5) is 31.8. The summed E-state index contributed by atoms with van der Waals surface area (Å²) in [5, 5.41) is 2.73. The van der Waals surface area contributed by atoms with E-state index < -0.39 is 0 Å². The average Bonchev–Trinajstić information content (AvgIpc) is 2.35. The highest BCUT2D eigenvalue weighted by Gasteiger charge is 2.11. The van der Waals surface area contributed by atoms with Crippen LogP contribution in [0.15, 0.2) is 10.9 Å². The van der Waals surface area contributed by atoms with E-state index in [9.17, 15) is 9.59 Å². The lowest BCUT2D eigenvalue weighted by Crippen LogP contribution is -2.38. The lowest BCUT2D eigenvalue weighted by molar-refractivity contribution is -0.119. The first kappa shape index (κ1) is 14.2. The van der Waals surface area contributed by atoms with E-state index in [1.165, 1.54) is 6.07 Å². The van der Waals surface area contributed by atoms with Crippen LogP contribution in [0.5, 0.6) is 0 Å². The Bertz CT molecular complexity index is 456. The van der Waals surface area contributed by atoms with Crippen molar-refractivity contribution in [2.24, 2.45) is 0 Å². The van der Waals surface area contributed by atoms with Crippen LogP contribution in [0, 0.1) is 0 Å². The van der Waals surface area contributed by atoms with Crippen molar-refractivity contribution < 1.29 is 4.79 Å². The molecular weight excluding hydrogens is 232 g/mol. The van der Waals surface area contributed by atoms with Crippen LogP contribution in [-0.4, -0.2) is 35.5 Å². The van der Waals surface area contributed by atoms with Crippen molar-refractivity contribution in [1.82, 2.24) is 15.3 Å². The van der Waals surface area contributed by atoms with Crippen molar-refractivity contribution in [1.29, 1.82) is 0 Å². The summed E-state index contributed by atoms with van der Waals surface area (Å²) in [6.07, 6.45) is 0.655. The molecule has 0 radical (unpaired) electrons. The average molecular weight is 252 g/mol. The zero-order chi connectivity index (χ0) is 13.5. The highest BCUT2D eigenvalue weighted by Crippen LogP contribution is 2.07. The lowest BCUT2D eigenvalue weighted by atomic mass is 10.4. The molecule has 0 saturated heterocycles. The molecule has 1 aromatic heterocycles. The third-order valence-electron chi connectivity index (χ3n) is 2.53. The van der Waals surface area contributed by atoms with E-state index in [0.29, 0.717) is 31.2 Å². The second kappa shape index (κ2) is 6.78. The second-order valence-electron chi connectivity index (χ2n) is 3.87. The van der Waals surface area contributed by atoms with E-state index in [1.54, 1.807) is 4.90 Å². The molecule has 0 unspecified atom stereocenters. The summed E-state index contributed by atoms with van der Waals surface area (Å²) in [6.45, 7) is 7.14. The van der Waals surface area contributed by atoms with E-state index in [2.05, 4.69) is 15.3 Å². The van der Waals surface area contributed by atoms with Gasteiger partial charge in [-0.2, -0.15) is 0 Å². The maximum absolute atomic E-state index is 11.6. The minimum atomic E-state index is -0.189. The van der Waals surface area contributed by atoms with Gasteiger partial charge in [0.2, 0.25) is 5.91 Å². The number of amides is 1. The number of aryl methyl sites for hydroxylation is 1. The van der Waals surface area contributed by atoms with Gasteiger partial charge in [-0.3, -0.25) is 9.59 Å². The fraction of sp³-hybridized carbons (Fsp3) is 0.583. The van der Waals surface area contributed by atoms with Gasteiger partial charge < -0.3 is 15.2 Å². The molecule has 1 aromatic rings. The monoisotopic (exact) mass is 252 g/mol. The molecule has 2 N–H and O–H groups in total. The molecule has 0 spiro atoms. The Morgan fingerprint density at radius 1 is 1.44 bits per heavy atom. The van der Waals surface area contributed by atoms with Gasteiger partial charge in [-0.05, 0) is 13.8 Å². The van der Waals surface area contributed by atoms with Gasteiger partial charge in [0.05, 0.1) is 6.54 Å². The van der Waals surface area contributed by atoms with Crippen LogP contribution < -0.4 is 15.8 Å². The molecule has 0 saturated carbocycles.